The van der Waals surface area contributed by atoms with Gasteiger partial charge in [0.2, 0.25) is 5.91 Å². The van der Waals surface area contributed by atoms with Gasteiger partial charge >= 0.3 is 5.97 Å². The summed E-state index contributed by atoms with van der Waals surface area (Å²) in [4.78, 5) is 38.4. The summed E-state index contributed by atoms with van der Waals surface area (Å²) in [5, 5.41) is 37.6. The average Bonchev–Trinajstić information content (AvgIpc) is 3.04. The van der Waals surface area contributed by atoms with Crippen molar-refractivity contribution in [1.29, 1.82) is 0 Å². The van der Waals surface area contributed by atoms with E-state index in [4.69, 9.17) is 9.47 Å². The fourth-order valence-corrected chi connectivity index (χ4v) is 4.93. The number of nitrogens with one attached hydrogen (secondary N) is 2. The summed E-state index contributed by atoms with van der Waals surface area (Å²) in [7, 11) is 1.48. The quantitative estimate of drug-likeness (QED) is 0.132. The van der Waals surface area contributed by atoms with E-state index < -0.39 is 48.1 Å². The zero-order valence-electron chi connectivity index (χ0n) is 26.7. The molecule has 1 aliphatic heterocycles. The summed E-state index contributed by atoms with van der Waals surface area (Å²) in [6.07, 6.45) is 11.2. The number of ether oxygens (including phenoxy) is 2. The number of benzene rings is 2. The largest absolute Gasteiger partial charge is 0.508 e. The van der Waals surface area contributed by atoms with E-state index in [-0.39, 0.29) is 23.6 Å². The predicted molar refractivity (Wildman–Crippen MR) is 176 cm³/mol. The highest BCUT2D eigenvalue weighted by Crippen LogP contribution is 2.34. The van der Waals surface area contributed by atoms with Gasteiger partial charge in [0, 0.05) is 31.1 Å². The Hall–Kier alpha value is -4.67. The molecule has 3 rings (SSSR count). The number of rotatable bonds is 5. The molecule has 10 nitrogen and oxygen atoms in total. The van der Waals surface area contributed by atoms with Crippen LogP contribution in [0.15, 0.2) is 90.6 Å². The van der Waals surface area contributed by atoms with Gasteiger partial charge in [0.1, 0.15) is 23.6 Å². The van der Waals surface area contributed by atoms with Crippen LogP contribution in [-0.4, -0.2) is 64.6 Å². The molecule has 0 aliphatic carbocycles. The molecule has 2 aromatic rings. The Morgan fingerprint density at radius 2 is 1.78 bits per heavy atom. The van der Waals surface area contributed by atoms with E-state index in [1.807, 2.05) is 12.2 Å². The zero-order chi connectivity index (χ0) is 33.6. The molecule has 2 amide bonds. The Labute approximate surface area is 270 Å². The second-order valence-electron chi connectivity index (χ2n) is 11.3. The summed E-state index contributed by atoms with van der Waals surface area (Å²) < 4.78 is 11.2. The van der Waals surface area contributed by atoms with Crippen LogP contribution in [0, 0.1) is 5.92 Å². The maximum atomic E-state index is 13.1. The minimum atomic E-state index is -0.966. The number of aliphatic hydroxyl groups excluding tert-OH is 1. The lowest BCUT2D eigenvalue weighted by Gasteiger charge is -2.29. The number of carbonyl (C=O) groups excluding carboxylic acids is 3. The van der Waals surface area contributed by atoms with E-state index in [0.717, 1.165) is 0 Å². The van der Waals surface area contributed by atoms with Crippen molar-refractivity contribution in [1.82, 2.24) is 5.32 Å². The molecule has 246 valence electrons. The van der Waals surface area contributed by atoms with Crippen LogP contribution in [0.4, 0.5) is 5.69 Å². The highest BCUT2D eigenvalue weighted by atomic mass is 16.5. The Morgan fingerprint density at radius 3 is 2.50 bits per heavy atom. The molecule has 5 atom stereocenters. The summed E-state index contributed by atoms with van der Waals surface area (Å²) >= 11 is 0. The minimum absolute atomic E-state index is 0.0178. The van der Waals surface area contributed by atoms with Gasteiger partial charge in [0.25, 0.3) is 5.91 Å². The van der Waals surface area contributed by atoms with Gasteiger partial charge in [-0.05, 0) is 56.0 Å². The van der Waals surface area contributed by atoms with Crippen molar-refractivity contribution in [2.75, 3.05) is 12.4 Å². The summed E-state index contributed by atoms with van der Waals surface area (Å²) in [6, 6.07) is 10.3. The van der Waals surface area contributed by atoms with E-state index in [9.17, 15) is 29.7 Å². The number of allylic oxidation sites excluding steroid dienone is 5. The minimum Gasteiger partial charge on any atom is -0.508 e. The standard InChI is InChI=1S/C36H44N2O8/c1-23-14-13-17-27-20-28(39)21-30(34(27)42)38-32(40)22-29(45-4)18-11-6-5-7-12-19-31(24(2)33(23)41)46-36(44)25(3)37-35(43)26-15-9-8-10-16-26/h5-12,14-16,18,20-21,24-25,29,31,33,39,41-42H,13,17,19,22H2,1-4H3,(H,37,43)(H,38,40)/b6-5-,12-7-,18-11-,23-14-/t24-,25-,29-,31-,33+/m0/s1. The van der Waals surface area contributed by atoms with Crippen molar-refractivity contribution in [2.24, 2.45) is 5.92 Å². The monoisotopic (exact) mass is 632 g/mol. The van der Waals surface area contributed by atoms with Crippen molar-refractivity contribution in [3.8, 4) is 11.5 Å². The first kappa shape index (κ1) is 35.8. The van der Waals surface area contributed by atoms with Crippen LogP contribution in [0.3, 0.4) is 0 Å². The van der Waals surface area contributed by atoms with Gasteiger partial charge in [-0.3, -0.25) is 9.59 Å². The van der Waals surface area contributed by atoms with Crippen molar-refractivity contribution in [3.05, 3.63) is 102 Å². The fourth-order valence-electron chi connectivity index (χ4n) is 4.93. The maximum Gasteiger partial charge on any atom is 0.328 e. The van der Waals surface area contributed by atoms with Crippen molar-refractivity contribution < 1.29 is 39.2 Å². The molecule has 0 saturated carbocycles. The number of hydrogen-bond acceptors (Lipinski definition) is 8. The Balaban J connectivity index is 1.84. The van der Waals surface area contributed by atoms with E-state index in [2.05, 4.69) is 10.6 Å². The molecule has 2 aromatic carbocycles. The van der Waals surface area contributed by atoms with Gasteiger partial charge < -0.3 is 35.4 Å². The van der Waals surface area contributed by atoms with Crippen LogP contribution >= 0.6 is 0 Å². The number of aliphatic hydroxyl groups is 1. The van der Waals surface area contributed by atoms with Gasteiger partial charge in [0.05, 0.1) is 24.3 Å². The van der Waals surface area contributed by atoms with Crippen LogP contribution in [0.25, 0.3) is 0 Å². The number of aromatic hydroxyl groups is 2. The molecule has 1 aliphatic rings. The van der Waals surface area contributed by atoms with Crippen molar-refractivity contribution >= 4 is 23.5 Å². The van der Waals surface area contributed by atoms with E-state index in [0.29, 0.717) is 36.0 Å². The topological polar surface area (TPSA) is 154 Å². The SMILES string of the molecule is CO[C@H]1\C=C/C=C\C=C/C[C@H](OC(=O)[C@H](C)NC(=O)c2ccccc2)[C@H](C)[C@H](O)/C(C)=C\CCc2cc(O)cc(c2O)NC(=O)C1. The normalized spacial score (nSPS) is 25.3. The third-order valence-corrected chi connectivity index (χ3v) is 7.74. The van der Waals surface area contributed by atoms with Crippen LogP contribution in [0.5, 0.6) is 11.5 Å². The number of carbonyl (C=O) groups is 3. The van der Waals surface area contributed by atoms with Gasteiger partial charge in [-0.1, -0.05) is 67.7 Å². The third-order valence-electron chi connectivity index (χ3n) is 7.74. The summed E-state index contributed by atoms with van der Waals surface area (Å²) in [6.45, 7) is 5.10. The number of phenols is 2. The molecule has 0 fully saturated rings. The lowest BCUT2D eigenvalue weighted by Crippen LogP contribution is -2.43. The predicted octanol–water partition coefficient (Wildman–Crippen LogP) is 5.12. The molecule has 0 aromatic heterocycles. The number of esters is 1. The number of amides is 2. The molecule has 0 saturated heterocycles. The third kappa shape index (κ3) is 10.7. The van der Waals surface area contributed by atoms with Crippen molar-refractivity contribution in [2.45, 2.75) is 70.8 Å². The van der Waals surface area contributed by atoms with Gasteiger partial charge in [0.15, 0.2) is 0 Å². The molecule has 2 bridgehead atoms. The van der Waals surface area contributed by atoms with Crippen LogP contribution in [0.2, 0.25) is 0 Å². The van der Waals surface area contributed by atoms with Gasteiger partial charge in [-0.15, -0.1) is 0 Å². The summed E-state index contributed by atoms with van der Waals surface area (Å²) in [5.74, 6) is -2.22. The first-order valence-corrected chi connectivity index (χ1v) is 15.3. The highest BCUT2D eigenvalue weighted by molar-refractivity contribution is 5.96. The number of phenolic OH excluding ortho intramolecular Hbond substituents is 2. The lowest BCUT2D eigenvalue weighted by atomic mass is 9.90. The molecule has 1 heterocycles. The van der Waals surface area contributed by atoms with Gasteiger partial charge in [-0.25, -0.2) is 4.79 Å². The molecule has 0 radical (unpaired) electrons. The molecule has 5 N–H and O–H groups in total. The Bertz CT molecular complexity index is 1460. The van der Waals surface area contributed by atoms with Crippen LogP contribution in [0.1, 0.15) is 56.0 Å². The molecular weight excluding hydrogens is 588 g/mol. The van der Waals surface area contributed by atoms with Gasteiger partial charge in [-0.2, -0.15) is 0 Å². The van der Waals surface area contributed by atoms with Crippen LogP contribution in [-0.2, 0) is 25.5 Å². The Kier molecular flexibility index (Phi) is 13.8. The summed E-state index contributed by atoms with van der Waals surface area (Å²) in [5.41, 5.74) is 1.56. The smallest absolute Gasteiger partial charge is 0.328 e. The molecular formula is C36H44N2O8. The van der Waals surface area contributed by atoms with Crippen molar-refractivity contribution in [3.63, 3.8) is 0 Å². The molecule has 0 unspecified atom stereocenters. The first-order chi connectivity index (χ1) is 22.0. The number of aryl methyl sites for hydroxylation is 1. The number of methoxy groups -OCH3 is 1. The van der Waals surface area contributed by atoms with E-state index in [1.165, 1.54) is 19.2 Å². The zero-order valence-corrected chi connectivity index (χ0v) is 26.7. The molecule has 10 heteroatoms. The average molecular weight is 633 g/mol. The van der Waals surface area contributed by atoms with E-state index in [1.54, 1.807) is 81.5 Å². The Morgan fingerprint density at radius 1 is 1.07 bits per heavy atom. The molecule has 0 spiro atoms. The van der Waals surface area contributed by atoms with E-state index >= 15 is 0 Å². The number of anilines is 1. The number of hydrogen-bond donors (Lipinski definition) is 5. The lowest BCUT2D eigenvalue weighted by molar-refractivity contribution is -0.155. The maximum absolute atomic E-state index is 13.1. The number of fused-ring (bicyclic) bond motifs is 2. The van der Waals surface area contributed by atoms with Crippen LogP contribution < -0.4 is 10.6 Å². The fraction of sp³-hybridized carbons (Fsp3) is 0.361. The first-order valence-electron chi connectivity index (χ1n) is 15.3. The highest BCUT2D eigenvalue weighted by Gasteiger charge is 2.30. The molecule has 46 heavy (non-hydrogen) atoms. The second kappa shape index (κ2) is 17.7. The second-order valence-corrected chi connectivity index (χ2v) is 11.3.